The topological polar surface area (TPSA) is 64.0 Å². The molecule has 0 radical (unpaired) electrons. The Morgan fingerprint density at radius 2 is 1.73 bits per heavy atom. The number of thioether (sulfide) groups is 1. The summed E-state index contributed by atoms with van der Waals surface area (Å²) in [6.07, 6.45) is 0. The van der Waals surface area contributed by atoms with E-state index in [0.29, 0.717) is 17.4 Å². The lowest BCUT2D eigenvalue weighted by atomic mass is 10.2. The van der Waals surface area contributed by atoms with Crippen LogP contribution in [0.15, 0.2) is 76.7 Å². The highest BCUT2D eigenvalue weighted by molar-refractivity contribution is 7.99. The Balaban J connectivity index is 1.71. The Morgan fingerprint density at radius 1 is 1.08 bits per heavy atom. The smallest absolute Gasteiger partial charge is 0.258 e. The molecule has 5 nitrogen and oxygen atoms in total. The molecule has 0 spiro atoms. The Labute approximate surface area is 156 Å². The maximum absolute atomic E-state index is 12.4. The van der Waals surface area contributed by atoms with Crippen molar-refractivity contribution in [2.75, 3.05) is 5.75 Å². The van der Waals surface area contributed by atoms with Crippen LogP contribution in [0.2, 0.25) is 0 Å². The molecule has 3 aromatic rings. The molecule has 0 fully saturated rings. The first-order valence-electron chi connectivity index (χ1n) is 8.23. The van der Waals surface area contributed by atoms with Gasteiger partial charge in [0.05, 0.1) is 11.4 Å². The van der Waals surface area contributed by atoms with E-state index < -0.39 is 0 Å². The number of aryl methyl sites for hydroxylation is 1. The number of para-hydroxylation sites is 1. The molecule has 0 saturated heterocycles. The zero-order valence-corrected chi connectivity index (χ0v) is 15.2. The van der Waals surface area contributed by atoms with Gasteiger partial charge in [-0.25, -0.2) is 4.98 Å². The van der Waals surface area contributed by atoms with E-state index in [2.05, 4.69) is 10.3 Å². The molecule has 0 unspecified atom stereocenters. The Kier molecular flexibility index (Phi) is 5.86. The van der Waals surface area contributed by atoms with E-state index in [9.17, 15) is 9.59 Å². The number of amides is 1. The summed E-state index contributed by atoms with van der Waals surface area (Å²) in [5.74, 6) is 0.0875. The van der Waals surface area contributed by atoms with Crippen molar-refractivity contribution in [3.63, 3.8) is 0 Å². The molecule has 0 saturated carbocycles. The van der Waals surface area contributed by atoms with Gasteiger partial charge < -0.3 is 5.32 Å². The van der Waals surface area contributed by atoms with E-state index in [4.69, 9.17) is 0 Å². The van der Waals surface area contributed by atoms with Gasteiger partial charge in [0.15, 0.2) is 5.16 Å². The fraction of sp³-hybridized carbons (Fsp3) is 0.150. The second kappa shape index (κ2) is 8.49. The number of carbonyl (C=O) groups excluding carboxylic acids is 1. The van der Waals surface area contributed by atoms with Crippen LogP contribution in [0.1, 0.15) is 11.3 Å². The summed E-state index contributed by atoms with van der Waals surface area (Å²) in [5, 5.41) is 3.39. The fourth-order valence-electron chi connectivity index (χ4n) is 2.46. The van der Waals surface area contributed by atoms with Crippen molar-refractivity contribution in [3.05, 3.63) is 88.3 Å². The van der Waals surface area contributed by atoms with Gasteiger partial charge in [-0.2, -0.15) is 0 Å². The van der Waals surface area contributed by atoms with E-state index in [1.165, 1.54) is 22.4 Å². The van der Waals surface area contributed by atoms with E-state index in [-0.39, 0.29) is 17.2 Å². The van der Waals surface area contributed by atoms with Gasteiger partial charge in [0, 0.05) is 18.3 Å². The van der Waals surface area contributed by atoms with Crippen LogP contribution in [0.4, 0.5) is 0 Å². The van der Waals surface area contributed by atoms with Crippen LogP contribution in [0.5, 0.6) is 0 Å². The Morgan fingerprint density at radius 3 is 2.42 bits per heavy atom. The van der Waals surface area contributed by atoms with Crippen LogP contribution in [0.25, 0.3) is 5.69 Å². The summed E-state index contributed by atoms with van der Waals surface area (Å²) in [6.45, 7) is 2.25. The van der Waals surface area contributed by atoms with Gasteiger partial charge in [-0.15, -0.1) is 0 Å². The summed E-state index contributed by atoms with van der Waals surface area (Å²) >= 11 is 1.25. The van der Waals surface area contributed by atoms with E-state index in [1.54, 1.807) is 6.92 Å². The molecule has 132 valence electrons. The maximum atomic E-state index is 12.4. The van der Waals surface area contributed by atoms with Gasteiger partial charge in [-0.1, -0.05) is 60.3 Å². The summed E-state index contributed by atoms with van der Waals surface area (Å²) < 4.78 is 1.53. The molecule has 26 heavy (non-hydrogen) atoms. The highest BCUT2D eigenvalue weighted by Gasteiger charge is 2.12. The molecular weight excluding hydrogens is 346 g/mol. The fourth-order valence-corrected chi connectivity index (χ4v) is 3.36. The van der Waals surface area contributed by atoms with Crippen molar-refractivity contribution in [2.45, 2.75) is 18.6 Å². The number of carbonyl (C=O) groups is 1. The van der Waals surface area contributed by atoms with Crippen LogP contribution >= 0.6 is 11.8 Å². The highest BCUT2D eigenvalue weighted by atomic mass is 32.2. The first kappa shape index (κ1) is 17.9. The van der Waals surface area contributed by atoms with Crippen LogP contribution in [0.3, 0.4) is 0 Å². The number of nitrogens with one attached hydrogen (secondary N) is 1. The van der Waals surface area contributed by atoms with Crippen molar-refractivity contribution >= 4 is 17.7 Å². The zero-order chi connectivity index (χ0) is 18.4. The Bertz CT molecular complexity index is 940. The molecule has 2 aromatic carbocycles. The number of hydrogen-bond acceptors (Lipinski definition) is 4. The monoisotopic (exact) mass is 365 g/mol. The zero-order valence-electron chi connectivity index (χ0n) is 14.4. The average Bonchev–Trinajstić information content (AvgIpc) is 2.66. The highest BCUT2D eigenvalue weighted by Crippen LogP contribution is 2.18. The molecule has 6 heteroatoms. The largest absolute Gasteiger partial charge is 0.351 e. The lowest BCUT2D eigenvalue weighted by molar-refractivity contribution is -0.118. The third-order valence-electron chi connectivity index (χ3n) is 3.70. The summed E-state index contributed by atoms with van der Waals surface area (Å²) in [7, 11) is 0. The third kappa shape index (κ3) is 4.61. The van der Waals surface area contributed by atoms with Crippen molar-refractivity contribution < 1.29 is 4.79 Å². The quantitative estimate of drug-likeness (QED) is 0.539. The number of rotatable bonds is 6. The molecule has 1 N–H and O–H groups in total. The number of hydrogen-bond donors (Lipinski definition) is 1. The molecule has 0 aliphatic rings. The van der Waals surface area contributed by atoms with Gasteiger partial charge in [-0.3, -0.25) is 14.2 Å². The van der Waals surface area contributed by atoms with E-state index in [0.717, 1.165) is 11.3 Å². The predicted molar refractivity (Wildman–Crippen MR) is 104 cm³/mol. The van der Waals surface area contributed by atoms with E-state index in [1.807, 2.05) is 60.7 Å². The van der Waals surface area contributed by atoms with Crippen LogP contribution in [-0.2, 0) is 11.3 Å². The predicted octanol–water partition coefficient (Wildman–Crippen LogP) is 2.95. The first-order valence-corrected chi connectivity index (χ1v) is 9.21. The van der Waals surface area contributed by atoms with Crippen molar-refractivity contribution in [1.82, 2.24) is 14.9 Å². The standard InChI is InChI=1S/C20H19N3O2S/c1-15-12-19(25)23(17-10-6-3-7-11-17)20(22-15)26-14-18(24)21-13-16-8-4-2-5-9-16/h2-12H,13-14H2,1H3,(H,21,24). The molecule has 0 aliphatic heterocycles. The molecule has 0 bridgehead atoms. The van der Waals surface area contributed by atoms with Crippen molar-refractivity contribution in [1.29, 1.82) is 0 Å². The summed E-state index contributed by atoms with van der Waals surface area (Å²) in [4.78, 5) is 29.0. The minimum Gasteiger partial charge on any atom is -0.351 e. The minimum absolute atomic E-state index is 0.103. The normalized spacial score (nSPS) is 10.5. The number of nitrogens with zero attached hydrogens (tertiary/aromatic N) is 2. The molecule has 0 atom stereocenters. The van der Waals surface area contributed by atoms with Gasteiger partial charge >= 0.3 is 0 Å². The summed E-state index contributed by atoms with van der Waals surface area (Å²) in [6, 6.07) is 20.5. The van der Waals surface area contributed by atoms with Gasteiger partial charge in [-0.05, 0) is 24.6 Å². The summed E-state index contributed by atoms with van der Waals surface area (Å²) in [5.41, 5.74) is 2.25. The maximum Gasteiger partial charge on any atom is 0.258 e. The lowest BCUT2D eigenvalue weighted by Crippen LogP contribution is -2.26. The molecule has 1 amide bonds. The van der Waals surface area contributed by atoms with Crippen LogP contribution in [0, 0.1) is 6.92 Å². The number of aromatic nitrogens is 2. The van der Waals surface area contributed by atoms with Gasteiger partial charge in [0.2, 0.25) is 5.91 Å². The second-order valence-electron chi connectivity index (χ2n) is 5.74. The number of benzene rings is 2. The lowest BCUT2D eigenvalue weighted by Gasteiger charge is -2.12. The SMILES string of the molecule is Cc1cc(=O)n(-c2ccccc2)c(SCC(=O)NCc2ccccc2)n1. The Hall–Kier alpha value is -2.86. The average molecular weight is 365 g/mol. The minimum atomic E-state index is -0.157. The molecular formula is C20H19N3O2S. The second-order valence-corrected chi connectivity index (χ2v) is 6.68. The molecule has 1 heterocycles. The van der Waals surface area contributed by atoms with Gasteiger partial charge in [0.1, 0.15) is 0 Å². The van der Waals surface area contributed by atoms with Crippen molar-refractivity contribution in [2.24, 2.45) is 0 Å². The van der Waals surface area contributed by atoms with Crippen LogP contribution < -0.4 is 10.9 Å². The van der Waals surface area contributed by atoms with Crippen LogP contribution in [-0.4, -0.2) is 21.2 Å². The van der Waals surface area contributed by atoms with E-state index >= 15 is 0 Å². The first-order chi connectivity index (χ1) is 12.6. The third-order valence-corrected chi connectivity index (χ3v) is 4.63. The molecule has 1 aromatic heterocycles. The van der Waals surface area contributed by atoms with Gasteiger partial charge in [0.25, 0.3) is 5.56 Å². The molecule has 3 rings (SSSR count). The molecule has 0 aliphatic carbocycles. The van der Waals surface area contributed by atoms with Crippen molar-refractivity contribution in [3.8, 4) is 5.69 Å².